The summed E-state index contributed by atoms with van der Waals surface area (Å²) in [6.45, 7) is 6.01. The lowest BCUT2D eigenvalue weighted by molar-refractivity contribution is -0.125. The fourth-order valence-corrected chi connectivity index (χ4v) is 2.61. The molecule has 0 saturated heterocycles. The van der Waals surface area contributed by atoms with Crippen LogP contribution in [-0.2, 0) is 4.79 Å². The number of carbonyl (C=O) groups is 1. The predicted molar refractivity (Wildman–Crippen MR) is 74.5 cm³/mol. The van der Waals surface area contributed by atoms with Gasteiger partial charge in [-0.05, 0) is 50.8 Å². The minimum Gasteiger partial charge on any atom is -0.327 e. The third kappa shape index (κ3) is 2.27. The van der Waals surface area contributed by atoms with E-state index in [2.05, 4.69) is 5.32 Å². The Morgan fingerprint density at radius 1 is 1.44 bits per heavy atom. The van der Waals surface area contributed by atoms with E-state index in [1.165, 1.54) is 0 Å². The summed E-state index contributed by atoms with van der Waals surface area (Å²) in [5.74, 6) is 0.0567. The maximum absolute atomic E-state index is 12.4. The normalized spacial score (nSPS) is 27.2. The summed E-state index contributed by atoms with van der Waals surface area (Å²) >= 11 is 0. The Labute approximate surface area is 109 Å². The number of rotatable bonds is 2. The number of nitrogens with two attached hydrogens (primary N) is 1. The van der Waals surface area contributed by atoms with Gasteiger partial charge < -0.3 is 11.1 Å². The number of hydrogen-bond acceptors (Lipinski definition) is 2. The molecule has 0 radical (unpaired) electrons. The van der Waals surface area contributed by atoms with Gasteiger partial charge in [-0.2, -0.15) is 0 Å². The molecule has 0 heterocycles. The molecule has 0 spiro atoms. The number of anilines is 1. The summed E-state index contributed by atoms with van der Waals surface area (Å²) in [6.07, 6.45) is 2.86. The van der Waals surface area contributed by atoms with Crippen LogP contribution in [0.4, 0.5) is 5.69 Å². The van der Waals surface area contributed by atoms with Gasteiger partial charge in [-0.3, -0.25) is 4.79 Å². The zero-order valence-corrected chi connectivity index (χ0v) is 11.4. The molecule has 1 aromatic carbocycles. The first-order chi connectivity index (χ1) is 8.43. The maximum atomic E-state index is 12.4. The van der Waals surface area contributed by atoms with Gasteiger partial charge >= 0.3 is 0 Å². The molecule has 1 aromatic rings. The van der Waals surface area contributed by atoms with E-state index in [1.54, 1.807) is 0 Å². The highest BCUT2D eigenvalue weighted by Gasteiger charge is 2.42. The summed E-state index contributed by atoms with van der Waals surface area (Å²) in [5, 5.41) is 3.04. The molecule has 2 atom stereocenters. The van der Waals surface area contributed by atoms with E-state index in [9.17, 15) is 4.79 Å². The molecule has 1 aliphatic carbocycles. The van der Waals surface area contributed by atoms with E-state index >= 15 is 0 Å². The number of hydrogen-bond donors (Lipinski definition) is 2. The van der Waals surface area contributed by atoms with Crippen molar-refractivity contribution in [3.8, 4) is 0 Å². The van der Waals surface area contributed by atoms with Crippen LogP contribution >= 0.6 is 0 Å². The molecule has 98 valence electrons. The van der Waals surface area contributed by atoms with Crippen LogP contribution in [0.3, 0.4) is 0 Å². The third-order valence-electron chi connectivity index (χ3n) is 4.19. The molecule has 1 aliphatic rings. The molecule has 1 saturated carbocycles. The maximum Gasteiger partial charge on any atom is 0.231 e. The van der Waals surface area contributed by atoms with Crippen molar-refractivity contribution in [3.05, 3.63) is 29.3 Å². The molecule has 2 rings (SSSR count). The Kier molecular flexibility index (Phi) is 3.44. The van der Waals surface area contributed by atoms with Crippen molar-refractivity contribution < 1.29 is 4.79 Å². The number of nitrogens with one attached hydrogen (secondary N) is 1. The van der Waals surface area contributed by atoms with Crippen LogP contribution < -0.4 is 11.1 Å². The van der Waals surface area contributed by atoms with E-state index in [-0.39, 0.29) is 11.9 Å². The van der Waals surface area contributed by atoms with Crippen molar-refractivity contribution in [1.29, 1.82) is 0 Å². The van der Waals surface area contributed by atoms with Crippen molar-refractivity contribution in [2.75, 3.05) is 5.32 Å². The molecule has 1 amide bonds. The molecule has 2 unspecified atom stereocenters. The topological polar surface area (TPSA) is 55.1 Å². The van der Waals surface area contributed by atoms with Crippen molar-refractivity contribution in [3.63, 3.8) is 0 Å². The molecule has 3 nitrogen and oxygen atoms in total. The van der Waals surface area contributed by atoms with E-state index < -0.39 is 5.41 Å². The van der Waals surface area contributed by atoms with E-state index in [4.69, 9.17) is 5.73 Å². The lowest BCUT2D eigenvalue weighted by Crippen LogP contribution is -2.44. The monoisotopic (exact) mass is 246 g/mol. The Bertz CT molecular complexity index is 470. The fourth-order valence-electron chi connectivity index (χ4n) is 2.61. The van der Waals surface area contributed by atoms with Gasteiger partial charge in [0.1, 0.15) is 0 Å². The summed E-state index contributed by atoms with van der Waals surface area (Å²) in [6, 6.07) is 6.06. The first kappa shape index (κ1) is 13.1. The molecular formula is C15H22N2O. The first-order valence-corrected chi connectivity index (χ1v) is 6.58. The van der Waals surface area contributed by atoms with Gasteiger partial charge in [0.05, 0.1) is 5.41 Å². The molecule has 3 N–H and O–H groups in total. The van der Waals surface area contributed by atoms with Crippen LogP contribution in [0.5, 0.6) is 0 Å². The number of benzene rings is 1. The smallest absolute Gasteiger partial charge is 0.231 e. The number of amides is 1. The Hall–Kier alpha value is -1.35. The molecule has 0 aromatic heterocycles. The molecule has 18 heavy (non-hydrogen) atoms. The van der Waals surface area contributed by atoms with Crippen LogP contribution in [0.15, 0.2) is 18.2 Å². The molecule has 0 bridgehead atoms. The second-order valence-electron chi connectivity index (χ2n) is 5.69. The zero-order chi connectivity index (χ0) is 13.3. The molecular weight excluding hydrogens is 224 g/mol. The fraction of sp³-hybridized carbons (Fsp3) is 0.533. The third-order valence-corrected chi connectivity index (χ3v) is 4.19. The van der Waals surface area contributed by atoms with Crippen LogP contribution in [0, 0.1) is 19.3 Å². The summed E-state index contributed by atoms with van der Waals surface area (Å²) < 4.78 is 0. The Morgan fingerprint density at radius 3 is 2.78 bits per heavy atom. The summed E-state index contributed by atoms with van der Waals surface area (Å²) in [7, 11) is 0. The number of carbonyl (C=O) groups excluding carboxylic acids is 1. The lowest BCUT2D eigenvalue weighted by atomic mass is 9.84. The largest absolute Gasteiger partial charge is 0.327 e. The van der Waals surface area contributed by atoms with E-state index in [0.29, 0.717) is 0 Å². The molecule has 0 aliphatic heterocycles. The Balaban J connectivity index is 2.19. The SMILES string of the molecule is Cc1ccc(C)c(NC(=O)C2(C)CCCC2N)c1. The van der Waals surface area contributed by atoms with Crippen molar-refractivity contribution in [2.24, 2.45) is 11.1 Å². The highest BCUT2D eigenvalue weighted by molar-refractivity contribution is 5.96. The van der Waals surface area contributed by atoms with Gasteiger partial charge in [0.25, 0.3) is 0 Å². The standard InChI is InChI=1S/C15H22N2O/c1-10-6-7-11(2)12(9-10)17-14(18)15(3)8-4-5-13(15)16/h6-7,9,13H,4-5,8,16H2,1-3H3,(H,17,18). The minimum atomic E-state index is -0.420. The van der Waals surface area contributed by atoms with Gasteiger partial charge in [0, 0.05) is 11.7 Å². The molecule has 1 fully saturated rings. The van der Waals surface area contributed by atoms with Crippen molar-refractivity contribution in [1.82, 2.24) is 0 Å². The molecule has 3 heteroatoms. The number of aryl methyl sites for hydroxylation is 2. The minimum absolute atomic E-state index is 0.0254. The van der Waals surface area contributed by atoms with E-state index in [0.717, 1.165) is 36.1 Å². The van der Waals surface area contributed by atoms with Gasteiger partial charge in [0.2, 0.25) is 5.91 Å². The van der Waals surface area contributed by atoms with Crippen LogP contribution in [0.1, 0.15) is 37.3 Å². The quantitative estimate of drug-likeness (QED) is 0.843. The Morgan fingerprint density at radius 2 is 2.17 bits per heavy atom. The zero-order valence-electron chi connectivity index (χ0n) is 11.4. The predicted octanol–water partition coefficient (Wildman–Crippen LogP) is 2.76. The second kappa shape index (κ2) is 4.73. The van der Waals surface area contributed by atoms with Crippen LogP contribution in [-0.4, -0.2) is 11.9 Å². The van der Waals surface area contributed by atoms with Gasteiger partial charge in [-0.15, -0.1) is 0 Å². The highest BCUT2D eigenvalue weighted by atomic mass is 16.2. The van der Waals surface area contributed by atoms with Gasteiger partial charge in [0.15, 0.2) is 0 Å². The van der Waals surface area contributed by atoms with E-state index in [1.807, 2.05) is 39.0 Å². The summed E-state index contributed by atoms with van der Waals surface area (Å²) in [4.78, 5) is 12.4. The first-order valence-electron chi connectivity index (χ1n) is 6.58. The van der Waals surface area contributed by atoms with Gasteiger partial charge in [-0.1, -0.05) is 18.6 Å². The van der Waals surface area contributed by atoms with Crippen LogP contribution in [0.2, 0.25) is 0 Å². The van der Waals surface area contributed by atoms with Gasteiger partial charge in [-0.25, -0.2) is 0 Å². The average Bonchev–Trinajstić information content (AvgIpc) is 2.66. The van der Waals surface area contributed by atoms with Crippen LogP contribution in [0.25, 0.3) is 0 Å². The average molecular weight is 246 g/mol. The second-order valence-corrected chi connectivity index (χ2v) is 5.69. The highest BCUT2D eigenvalue weighted by Crippen LogP contribution is 2.37. The lowest BCUT2D eigenvalue weighted by Gasteiger charge is -2.28. The van der Waals surface area contributed by atoms with Crippen molar-refractivity contribution >= 4 is 11.6 Å². The van der Waals surface area contributed by atoms with Crippen molar-refractivity contribution in [2.45, 2.75) is 46.1 Å². The summed E-state index contributed by atoms with van der Waals surface area (Å²) in [5.41, 5.74) is 8.79.